The molecule has 5 nitrogen and oxygen atoms in total. The van der Waals surface area contributed by atoms with Gasteiger partial charge in [-0.15, -0.1) is 0 Å². The molecule has 0 saturated heterocycles. The van der Waals surface area contributed by atoms with E-state index in [1.165, 1.54) is 30.0 Å². The van der Waals surface area contributed by atoms with Crippen LogP contribution in [0.15, 0.2) is 42.5 Å². The third kappa shape index (κ3) is 3.48. The van der Waals surface area contributed by atoms with Crippen molar-refractivity contribution in [3.05, 3.63) is 76.6 Å². The van der Waals surface area contributed by atoms with Crippen LogP contribution in [-0.2, 0) is 12.8 Å². The Labute approximate surface area is 167 Å². The lowest BCUT2D eigenvalue weighted by atomic mass is 10.1. The fraction of sp³-hybridized carbons (Fsp3) is 0.273. The number of methoxy groups -OCH3 is 1. The molecule has 150 valence electrons. The number of hydrogen-bond donors (Lipinski definition) is 1. The van der Waals surface area contributed by atoms with Gasteiger partial charge in [-0.05, 0) is 56.0 Å². The molecule has 1 unspecified atom stereocenters. The first-order valence-electron chi connectivity index (χ1n) is 9.49. The van der Waals surface area contributed by atoms with E-state index in [2.05, 4.69) is 10.4 Å². The van der Waals surface area contributed by atoms with Crippen molar-refractivity contribution < 1.29 is 18.3 Å². The van der Waals surface area contributed by atoms with E-state index < -0.39 is 17.7 Å². The molecule has 1 aliphatic rings. The molecule has 1 heterocycles. The topological polar surface area (TPSA) is 56.1 Å². The van der Waals surface area contributed by atoms with E-state index >= 15 is 0 Å². The van der Waals surface area contributed by atoms with Crippen LogP contribution in [0.5, 0.6) is 5.75 Å². The summed E-state index contributed by atoms with van der Waals surface area (Å²) < 4.78 is 34.7. The zero-order valence-corrected chi connectivity index (χ0v) is 16.2. The number of nitrogens with one attached hydrogen (secondary N) is 1. The second kappa shape index (κ2) is 7.66. The van der Waals surface area contributed by atoms with E-state index in [1.807, 2.05) is 0 Å². The SMILES string of the molecule is COc1ccc(C(C)NC(=O)c2nn(-c3ccccc3F)c3c2CCC3)cc1F. The highest BCUT2D eigenvalue weighted by molar-refractivity contribution is 5.94. The van der Waals surface area contributed by atoms with Crippen molar-refractivity contribution in [1.29, 1.82) is 0 Å². The minimum atomic E-state index is -0.490. The maximum Gasteiger partial charge on any atom is 0.272 e. The Bertz CT molecular complexity index is 1080. The number of halogens is 2. The van der Waals surface area contributed by atoms with Crippen LogP contribution in [-0.4, -0.2) is 22.8 Å². The molecule has 7 heteroatoms. The van der Waals surface area contributed by atoms with Gasteiger partial charge < -0.3 is 10.1 Å². The molecule has 0 aliphatic heterocycles. The summed E-state index contributed by atoms with van der Waals surface area (Å²) in [6, 6.07) is 10.5. The van der Waals surface area contributed by atoms with Crippen LogP contribution < -0.4 is 10.1 Å². The largest absolute Gasteiger partial charge is 0.494 e. The maximum absolute atomic E-state index is 14.3. The molecule has 1 amide bonds. The van der Waals surface area contributed by atoms with Gasteiger partial charge in [-0.25, -0.2) is 13.5 Å². The lowest BCUT2D eigenvalue weighted by molar-refractivity contribution is 0.0933. The number of para-hydroxylation sites is 1. The molecule has 1 aliphatic carbocycles. The summed E-state index contributed by atoms with van der Waals surface area (Å²) in [6.45, 7) is 1.77. The highest BCUT2D eigenvalue weighted by Gasteiger charge is 2.28. The molecule has 4 rings (SSSR count). The van der Waals surface area contributed by atoms with Gasteiger partial charge in [-0.3, -0.25) is 4.79 Å². The molecule has 1 aromatic heterocycles. The predicted molar refractivity (Wildman–Crippen MR) is 104 cm³/mol. The summed E-state index contributed by atoms with van der Waals surface area (Å²) in [5.74, 6) is -1.09. The monoisotopic (exact) mass is 397 g/mol. The van der Waals surface area contributed by atoms with Gasteiger partial charge in [0.15, 0.2) is 17.3 Å². The Morgan fingerprint density at radius 2 is 1.97 bits per heavy atom. The van der Waals surface area contributed by atoms with Crippen LogP contribution in [0.4, 0.5) is 8.78 Å². The molecule has 0 bridgehead atoms. The predicted octanol–water partition coefficient (Wildman–Crippen LogP) is 4.14. The molecule has 0 radical (unpaired) electrons. The number of benzene rings is 2. The van der Waals surface area contributed by atoms with E-state index in [9.17, 15) is 13.6 Å². The zero-order valence-electron chi connectivity index (χ0n) is 16.2. The Balaban J connectivity index is 1.62. The number of fused-ring (bicyclic) bond motifs is 1. The van der Waals surface area contributed by atoms with Gasteiger partial charge in [0.1, 0.15) is 11.5 Å². The van der Waals surface area contributed by atoms with Gasteiger partial charge in [0, 0.05) is 11.3 Å². The average Bonchev–Trinajstić information content (AvgIpc) is 3.31. The molecule has 1 atom stereocenters. The fourth-order valence-corrected chi connectivity index (χ4v) is 3.74. The molecule has 0 spiro atoms. The number of ether oxygens (including phenoxy) is 1. The maximum atomic E-state index is 14.3. The molecule has 0 saturated carbocycles. The van der Waals surface area contributed by atoms with Crippen molar-refractivity contribution >= 4 is 5.91 Å². The highest BCUT2D eigenvalue weighted by atomic mass is 19.1. The van der Waals surface area contributed by atoms with E-state index in [4.69, 9.17) is 4.74 Å². The van der Waals surface area contributed by atoms with Crippen molar-refractivity contribution in [2.75, 3.05) is 7.11 Å². The molecule has 2 aromatic carbocycles. The summed E-state index contributed by atoms with van der Waals surface area (Å²) in [6.07, 6.45) is 2.35. The first-order valence-corrected chi connectivity index (χ1v) is 9.49. The number of carbonyl (C=O) groups excluding carboxylic acids is 1. The van der Waals surface area contributed by atoms with Crippen LogP contribution >= 0.6 is 0 Å². The van der Waals surface area contributed by atoms with Crippen LogP contribution in [0.3, 0.4) is 0 Å². The van der Waals surface area contributed by atoms with Crippen molar-refractivity contribution in [1.82, 2.24) is 15.1 Å². The van der Waals surface area contributed by atoms with Crippen LogP contribution in [0.2, 0.25) is 0 Å². The number of hydrogen-bond acceptors (Lipinski definition) is 3. The number of amides is 1. The lowest BCUT2D eigenvalue weighted by Crippen LogP contribution is -2.28. The average molecular weight is 397 g/mol. The van der Waals surface area contributed by atoms with Gasteiger partial charge in [-0.1, -0.05) is 18.2 Å². The van der Waals surface area contributed by atoms with E-state index in [0.717, 1.165) is 30.5 Å². The minimum Gasteiger partial charge on any atom is -0.494 e. The second-order valence-electron chi connectivity index (χ2n) is 7.08. The molecule has 29 heavy (non-hydrogen) atoms. The van der Waals surface area contributed by atoms with Crippen LogP contribution in [0, 0.1) is 11.6 Å². The zero-order chi connectivity index (χ0) is 20.5. The van der Waals surface area contributed by atoms with Gasteiger partial charge in [0.2, 0.25) is 0 Å². The van der Waals surface area contributed by atoms with Crippen molar-refractivity contribution in [2.45, 2.75) is 32.2 Å². The molecule has 0 fully saturated rings. The third-order valence-electron chi connectivity index (χ3n) is 5.25. The smallest absolute Gasteiger partial charge is 0.272 e. The first-order chi connectivity index (χ1) is 14.0. The molecule has 3 aromatic rings. The van der Waals surface area contributed by atoms with Crippen molar-refractivity contribution in [3.8, 4) is 11.4 Å². The second-order valence-corrected chi connectivity index (χ2v) is 7.08. The van der Waals surface area contributed by atoms with Gasteiger partial charge in [0.25, 0.3) is 5.91 Å². The molecular formula is C22H21F2N3O2. The third-order valence-corrected chi connectivity index (χ3v) is 5.25. The molecule has 1 N–H and O–H groups in total. The van der Waals surface area contributed by atoms with Gasteiger partial charge in [-0.2, -0.15) is 5.10 Å². The standard InChI is InChI=1S/C22H21F2N3O2/c1-13(14-10-11-20(29-2)17(24)12-14)25-22(28)21-15-6-5-9-18(15)27(26-21)19-8-4-3-7-16(19)23/h3-4,7-8,10-13H,5-6,9H2,1-2H3,(H,25,28). The van der Waals surface area contributed by atoms with E-state index in [0.29, 0.717) is 16.9 Å². The molecular weight excluding hydrogens is 376 g/mol. The van der Waals surface area contributed by atoms with Gasteiger partial charge in [0.05, 0.1) is 13.2 Å². The lowest BCUT2D eigenvalue weighted by Gasteiger charge is -2.15. The van der Waals surface area contributed by atoms with Gasteiger partial charge >= 0.3 is 0 Å². The minimum absolute atomic E-state index is 0.147. The van der Waals surface area contributed by atoms with Crippen LogP contribution in [0.25, 0.3) is 5.69 Å². The first kappa shape index (κ1) is 19.1. The number of rotatable bonds is 5. The Hall–Kier alpha value is -3.22. The Kier molecular flexibility index (Phi) is 5.05. The fourth-order valence-electron chi connectivity index (χ4n) is 3.74. The summed E-state index contributed by atoms with van der Waals surface area (Å²) >= 11 is 0. The quantitative estimate of drug-likeness (QED) is 0.704. The van der Waals surface area contributed by atoms with E-state index in [1.54, 1.807) is 31.2 Å². The van der Waals surface area contributed by atoms with Crippen molar-refractivity contribution in [2.24, 2.45) is 0 Å². The summed E-state index contributed by atoms with van der Waals surface area (Å²) in [7, 11) is 1.40. The highest BCUT2D eigenvalue weighted by Crippen LogP contribution is 2.29. The summed E-state index contributed by atoms with van der Waals surface area (Å²) in [5, 5.41) is 7.30. The summed E-state index contributed by atoms with van der Waals surface area (Å²) in [5.41, 5.74) is 2.95. The van der Waals surface area contributed by atoms with Crippen LogP contribution in [0.1, 0.15) is 46.7 Å². The Morgan fingerprint density at radius 3 is 2.69 bits per heavy atom. The summed E-state index contributed by atoms with van der Waals surface area (Å²) in [4.78, 5) is 12.9. The normalized spacial score (nSPS) is 13.8. The van der Waals surface area contributed by atoms with E-state index in [-0.39, 0.29) is 11.7 Å². The van der Waals surface area contributed by atoms with Crippen molar-refractivity contribution in [3.63, 3.8) is 0 Å². The number of aromatic nitrogens is 2. The Morgan fingerprint density at radius 1 is 1.17 bits per heavy atom. The number of nitrogens with zero attached hydrogens (tertiary/aromatic N) is 2. The number of carbonyl (C=O) groups is 1.